The van der Waals surface area contributed by atoms with Crippen molar-refractivity contribution in [3.05, 3.63) is 0 Å². The van der Waals surface area contributed by atoms with E-state index in [9.17, 15) is 18.0 Å². The third-order valence-corrected chi connectivity index (χ3v) is 4.20. The molecule has 110 valence electrons. The number of morpholine rings is 1. The summed E-state index contributed by atoms with van der Waals surface area (Å²) in [5.41, 5.74) is -0.644. The van der Waals surface area contributed by atoms with Crippen molar-refractivity contribution in [2.45, 2.75) is 50.2 Å². The van der Waals surface area contributed by atoms with Gasteiger partial charge in [0.2, 0.25) is 0 Å². The fourth-order valence-electron chi connectivity index (χ4n) is 3.21. The molecule has 2 aliphatic rings. The lowest BCUT2D eigenvalue weighted by atomic mass is 9.86. The summed E-state index contributed by atoms with van der Waals surface area (Å²) in [7, 11) is 0. The zero-order valence-electron chi connectivity index (χ0n) is 11.0. The van der Waals surface area contributed by atoms with Gasteiger partial charge in [-0.3, -0.25) is 9.69 Å². The van der Waals surface area contributed by atoms with Gasteiger partial charge in [-0.1, -0.05) is 12.8 Å². The first-order valence-corrected chi connectivity index (χ1v) is 6.87. The van der Waals surface area contributed by atoms with Gasteiger partial charge in [-0.05, 0) is 12.8 Å². The summed E-state index contributed by atoms with van der Waals surface area (Å²) in [6.07, 6.45) is -2.39. The highest BCUT2D eigenvalue weighted by atomic mass is 19.4. The van der Waals surface area contributed by atoms with E-state index in [1.165, 1.54) is 0 Å². The molecule has 0 aromatic rings. The molecule has 2 fully saturated rings. The minimum absolute atomic E-state index is 0.232. The van der Waals surface area contributed by atoms with E-state index in [1.54, 1.807) is 0 Å². The van der Waals surface area contributed by atoms with Gasteiger partial charge < -0.3 is 4.74 Å². The molecule has 0 bridgehead atoms. The molecule has 0 aromatic heterocycles. The van der Waals surface area contributed by atoms with Gasteiger partial charge in [-0.25, -0.2) is 0 Å². The second-order valence-corrected chi connectivity index (χ2v) is 5.38. The fraction of sp³-hybridized carbons (Fsp3) is 0.923. The Hall–Kier alpha value is -0.620. The zero-order chi connectivity index (χ0) is 13.9. The highest BCUT2D eigenvalue weighted by Gasteiger charge is 2.46. The molecule has 0 unspecified atom stereocenters. The standard InChI is InChI=1S/C13H20F3NO2/c14-13(15,16)6-3-11(18)12(4-1-2-5-12)17-7-9-19-10-8-17/h1-10H2. The predicted molar refractivity (Wildman–Crippen MR) is 63.9 cm³/mol. The highest BCUT2D eigenvalue weighted by molar-refractivity contribution is 5.88. The number of Topliss-reactive ketones (excluding diaryl/α,β-unsaturated/α-hetero) is 1. The van der Waals surface area contributed by atoms with Gasteiger partial charge in [0.25, 0.3) is 0 Å². The number of rotatable bonds is 4. The van der Waals surface area contributed by atoms with Crippen LogP contribution in [0.2, 0.25) is 0 Å². The van der Waals surface area contributed by atoms with Crippen molar-refractivity contribution in [3.8, 4) is 0 Å². The predicted octanol–water partition coefficient (Wildman–Crippen LogP) is 2.54. The van der Waals surface area contributed by atoms with Crippen LogP contribution in [0.15, 0.2) is 0 Å². The Morgan fingerprint density at radius 3 is 2.26 bits per heavy atom. The number of alkyl halides is 3. The third kappa shape index (κ3) is 3.48. The van der Waals surface area contributed by atoms with Crippen LogP contribution in [-0.2, 0) is 9.53 Å². The molecule has 1 heterocycles. The molecule has 1 saturated carbocycles. The molecule has 0 radical (unpaired) electrons. The first-order valence-electron chi connectivity index (χ1n) is 6.87. The molecule has 0 amide bonds. The van der Waals surface area contributed by atoms with Crippen molar-refractivity contribution in [3.63, 3.8) is 0 Å². The van der Waals surface area contributed by atoms with Crippen LogP contribution in [0.3, 0.4) is 0 Å². The summed E-state index contributed by atoms with van der Waals surface area (Å²) in [6.45, 7) is 2.43. The number of ether oxygens (including phenoxy) is 1. The Balaban J connectivity index is 2.03. The Morgan fingerprint density at radius 1 is 1.16 bits per heavy atom. The van der Waals surface area contributed by atoms with Gasteiger partial charge in [0.05, 0.1) is 25.2 Å². The normalized spacial score (nSPS) is 24.6. The third-order valence-electron chi connectivity index (χ3n) is 4.20. The summed E-state index contributed by atoms with van der Waals surface area (Å²) < 4.78 is 42.1. The molecule has 6 heteroatoms. The Bertz CT molecular complexity index is 318. The first kappa shape index (κ1) is 14.8. The minimum atomic E-state index is -4.25. The summed E-state index contributed by atoms with van der Waals surface area (Å²) in [4.78, 5) is 14.4. The second kappa shape index (κ2) is 5.79. The Kier molecular flexibility index (Phi) is 4.50. The smallest absolute Gasteiger partial charge is 0.379 e. The van der Waals surface area contributed by atoms with Crippen LogP contribution < -0.4 is 0 Å². The number of halogens is 3. The highest BCUT2D eigenvalue weighted by Crippen LogP contribution is 2.38. The average Bonchev–Trinajstić information content (AvgIpc) is 2.87. The monoisotopic (exact) mass is 279 g/mol. The molecule has 2 rings (SSSR count). The minimum Gasteiger partial charge on any atom is -0.379 e. The number of hydrogen-bond donors (Lipinski definition) is 0. The van der Waals surface area contributed by atoms with Crippen LogP contribution in [0.25, 0.3) is 0 Å². The van der Waals surface area contributed by atoms with Gasteiger partial charge in [0.1, 0.15) is 0 Å². The molecule has 19 heavy (non-hydrogen) atoms. The van der Waals surface area contributed by atoms with E-state index in [-0.39, 0.29) is 12.2 Å². The summed E-state index contributed by atoms with van der Waals surface area (Å²) in [5, 5.41) is 0. The lowest BCUT2D eigenvalue weighted by Gasteiger charge is -2.42. The van der Waals surface area contributed by atoms with E-state index in [0.717, 1.165) is 12.8 Å². The van der Waals surface area contributed by atoms with Crippen molar-refractivity contribution >= 4 is 5.78 Å². The molecule has 0 atom stereocenters. The van der Waals surface area contributed by atoms with Gasteiger partial charge >= 0.3 is 6.18 Å². The molecule has 0 spiro atoms. The molecular formula is C13H20F3NO2. The van der Waals surface area contributed by atoms with Crippen LogP contribution >= 0.6 is 0 Å². The lowest BCUT2D eigenvalue weighted by molar-refractivity contribution is -0.150. The van der Waals surface area contributed by atoms with Gasteiger partial charge in [0.15, 0.2) is 5.78 Å². The molecule has 0 aromatic carbocycles. The SMILES string of the molecule is O=C(CCC(F)(F)F)C1(N2CCOCC2)CCCC1. The van der Waals surface area contributed by atoms with Crippen LogP contribution in [0, 0.1) is 0 Å². The molecule has 3 nitrogen and oxygen atoms in total. The second-order valence-electron chi connectivity index (χ2n) is 5.38. The number of nitrogens with zero attached hydrogens (tertiary/aromatic N) is 1. The quantitative estimate of drug-likeness (QED) is 0.792. The molecule has 1 aliphatic carbocycles. The topological polar surface area (TPSA) is 29.5 Å². The molecule has 1 saturated heterocycles. The zero-order valence-corrected chi connectivity index (χ0v) is 11.0. The fourth-order valence-corrected chi connectivity index (χ4v) is 3.21. The van der Waals surface area contributed by atoms with Crippen molar-refractivity contribution in [2.75, 3.05) is 26.3 Å². The van der Waals surface area contributed by atoms with E-state index in [2.05, 4.69) is 4.90 Å². The average molecular weight is 279 g/mol. The van der Waals surface area contributed by atoms with Crippen LogP contribution in [-0.4, -0.2) is 48.7 Å². The lowest BCUT2D eigenvalue weighted by Crippen LogP contribution is -2.56. The molecule has 0 N–H and O–H groups in total. The molecular weight excluding hydrogens is 259 g/mol. The summed E-state index contributed by atoms with van der Waals surface area (Å²) in [6, 6.07) is 0. The van der Waals surface area contributed by atoms with Crippen LogP contribution in [0.4, 0.5) is 13.2 Å². The van der Waals surface area contributed by atoms with E-state index >= 15 is 0 Å². The maximum absolute atomic E-state index is 12.3. The summed E-state index contributed by atoms with van der Waals surface area (Å²) >= 11 is 0. The number of carbonyl (C=O) groups is 1. The summed E-state index contributed by atoms with van der Waals surface area (Å²) in [5.74, 6) is -0.232. The maximum atomic E-state index is 12.3. The van der Waals surface area contributed by atoms with Crippen LogP contribution in [0.5, 0.6) is 0 Å². The van der Waals surface area contributed by atoms with Crippen molar-refractivity contribution in [1.29, 1.82) is 0 Å². The number of ketones is 1. The van der Waals surface area contributed by atoms with Crippen LogP contribution in [0.1, 0.15) is 38.5 Å². The number of hydrogen-bond acceptors (Lipinski definition) is 3. The maximum Gasteiger partial charge on any atom is 0.389 e. The molecule has 1 aliphatic heterocycles. The number of carbonyl (C=O) groups excluding carboxylic acids is 1. The van der Waals surface area contributed by atoms with Crippen molar-refractivity contribution < 1.29 is 22.7 Å². The van der Waals surface area contributed by atoms with E-state index < -0.39 is 18.1 Å². The van der Waals surface area contributed by atoms with E-state index in [4.69, 9.17) is 4.74 Å². The van der Waals surface area contributed by atoms with E-state index in [1.807, 2.05) is 0 Å². The first-order chi connectivity index (χ1) is 8.94. The van der Waals surface area contributed by atoms with Gasteiger partial charge in [-0.2, -0.15) is 13.2 Å². The van der Waals surface area contributed by atoms with E-state index in [0.29, 0.717) is 39.1 Å². The van der Waals surface area contributed by atoms with Gasteiger partial charge in [-0.15, -0.1) is 0 Å². The largest absolute Gasteiger partial charge is 0.389 e. The van der Waals surface area contributed by atoms with Crippen molar-refractivity contribution in [1.82, 2.24) is 4.90 Å². The Labute approximate surface area is 111 Å². The van der Waals surface area contributed by atoms with Gasteiger partial charge in [0, 0.05) is 19.5 Å². The Morgan fingerprint density at radius 2 is 1.74 bits per heavy atom. The van der Waals surface area contributed by atoms with Crippen molar-refractivity contribution in [2.24, 2.45) is 0 Å².